The van der Waals surface area contributed by atoms with Crippen LogP contribution in [0.5, 0.6) is 0 Å². The summed E-state index contributed by atoms with van der Waals surface area (Å²) in [5, 5.41) is 4.55. The summed E-state index contributed by atoms with van der Waals surface area (Å²) in [5.41, 5.74) is 1.24. The first kappa shape index (κ1) is 13.5. The Bertz CT molecular complexity index is 685. The van der Waals surface area contributed by atoms with Crippen molar-refractivity contribution in [3.8, 4) is 0 Å². The third-order valence-electron chi connectivity index (χ3n) is 5.01. The number of nitrogens with zero attached hydrogens (tertiary/aromatic N) is 2. The third-order valence-corrected chi connectivity index (χ3v) is 6.20. The minimum absolute atomic E-state index is 0.246. The predicted octanol–water partition coefficient (Wildman–Crippen LogP) is 3.64. The Labute approximate surface area is 128 Å². The zero-order valence-corrected chi connectivity index (χ0v) is 13.5. The molecule has 0 spiro atoms. The van der Waals surface area contributed by atoms with Gasteiger partial charge < -0.3 is 10.1 Å². The van der Waals surface area contributed by atoms with E-state index < -0.39 is 0 Å². The zero-order chi connectivity index (χ0) is 14.4. The minimum atomic E-state index is -0.246. The molecule has 0 bridgehead atoms. The molecule has 1 saturated carbocycles. The van der Waals surface area contributed by atoms with Crippen molar-refractivity contribution in [2.45, 2.75) is 50.5 Å². The van der Waals surface area contributed by atoms with E-state index in [0.29, 0.717) is 0 Å². The van der Waals surface area contributed by atoms with Gasteiger partial charge in [-0.25, -0.2) is 9.97 Å². The number of aryl methyl sites for hydroxylation is 2. The third kappa shape index (κ3) is 1.90. The molecule has 21 heavy (non-hydrogen) atoms. The van der Waals surface area contributed by atoms with Crippen molar-refractivity contribution in [1.82, 2.24) is 9.97 Å². The quantitative estimate of drug-likeness (QED) is 0.940. The lowest BCUT2D eigenvalue weighted by Gasteiger charge is -2.38. The van der Waals surface area contributed by atoms with Crippen LogP contribution >= 0.6 is 11.3 Å². The van der Waals surface area contributed by atoms with Crippen LogP contribution < -0.4 is 5.32 Å². The fourth-order valence-corrected chi connectivity index (χ4v) is 4.82. The molecule has 0 aromatic carbocycles. The molecule has 0 unspecified atom stereocenters. The number of hydrogen-bond acceptors (Lipinski definition) is 5. The molecule has 4 nitrogen and oxygen atoms in total. The number of fused-ring (bicyclic) bond motifs is 3. The molecular formula is C16H21N3OS. The summed E-state index contributed by atoms with van der Waals surface area (Å²) in [6.07, 6.45) is 8.22. The van der Waals surface area contributed by atoms with Gasteiger partial charge in [-0.1, -0.05) is 0 Å². The first-order chi connectivity index (χ1) is 10.3. The maximum Gasteiger partial charge on any atom is 0.164 e. The highest BCUT2D eigenvalue weighted by atomic mass is 32.1. The molecule has 2 aromatic rings. The van der Waals surface area contributed by atoms with Crippen molar-refractivity contribution in [2.24, 2.45) is 0 Å². The van der Waals surface area contributed by atoms with E-state index in [0.717, 1.165) is 29.3 Å². The monoisotopic (exact) mass is 303 g/mol. The second-order valence-electron chi connectivity index (χ2n) is 6.09. The van der Waals surface area contributed by atoms with Crippen LogP contribution in [0.4, 0.5) is 5.82 Å². The van der Waals surface area contributed by atoms with Crippen LogP contribution in [0.25, 0.3) is 10.2 Å². The van der Waals surface area contributed by atoms with E-state index in [1.165, 1.54) is 47.9 Å². The van der Waals surface area contributed by atoms with Crippen LogP contribution in [0.3, 0.4) is 0 Å². The molecule has 2 aliphatic rings. The van der Waals surface area contributed by atoms with Gasteiger partial charge in [-0.05, 0) is 50.5 Å². The number of methoxy groups -OCH3 is 1. The smallest absolute Gasteiger partial charge is 0.164 e. The summed E-state index contributed by atoms with van der Waals surface area (Å²) >= 11 is 1.86. The lowest BCUT2D eigenvalue weighted by molar-refractivity contribution is -0.0842. The van der Waals surface area contributed by atoms with Gasteiger partial charge in [0.05, 0.1) is 5.39 Å². The van der Waals surface area contributed by atoms with Gasteiger partial charge in [-0.15, -0.1) is 11.3 Å². The Morgan fingerprint density at radius 1 is 1.14 bits per heavy atom. The first-order valence-corrected chi connectivity index (χ1v) is 8.65. The second kappa shape index (κ2) is 4.92. The second-order valence-corrected chi connectivity index (χ2v) is 7.17. The molecule has 2 aromatic heterocycles. The fraction of sp³-hybridized carbons (Fsp3) is 0.625. The summed E-state index contributed by atoms with van der Waals surface area (Å²) in [4.78, 5) is 12.4. The van der Waals surface area contributed by atoms with Crippen LogP contribution in [0, 0.1) is 0 Å². The van der Waals surface area contributed by atoms with Gasteiger partial charge in [0.25, 0.3) is 0 Å². The minimum Gasteiger partial charge on any atom is -0.372 e. The number of aromatic nitrogens is 2. The molecular weight excluding hydrogens is 282 g/mol. The maximum atomic E-state index is 5.76. The Morgan fingerprint density at radius 3 is 2.62 bits per heavy atom. The standard InChI is InChI=1S/C16H21N3OS/c1-17-13-12-10-6-3-4-7-11(10)21-14(12)19-15(18-13)16(20-2)8-5-9-16/h3-9H2,1-2H3,(H,17,18,19). The number of nitrogens with one attached hydrogen (secondary N) is 1. The predicted molar refractivity (Wildman–Crippen MR) is 86.1 cm³/mol. The Morgan fingerprint density at radius 2 is 1.95 bits per heavy atom. The highest BCUT2D eigenvalue weighted by Crippen LogP contribution is 2.45. The van der Waals surface area contributed by atoms with Crippen LogP contribution in [0.1, 0.15) is 48.4 Å². The van der Waals surface area contributed by atoms with Crippen molar-refractivity contribution in [2.75, 3.05) is 19.5 Å². The van der Waals surface area contributed by atoms with Gasteiger partial charge in [0.2, 0.25) is 0 Å². The van der Waals surface area contributed by atoms with Crippen molar-refractivity contribution < 1.29 is 4.74 Å². The maximum absolute atomic E-state index is 5.76. The summed E-state index contributed by atoms with van der Waals surface area (Å²) < 4.78 is 5.76. The zero-order valence-electron chi connectivity index (χ0n) is 12.7. The number of ether oxygens (including phenoxy) is 1. The molecule has 0 aliphatic heterocycles. The molecule has 2 heterocycles. The summed E-state index contributed by atoms with van der Waals surface area (Å²) in [5.74, 6) is 1.85. The molecule has 0 atom stereocenters. The average Bonchev–Trinajstić information content (AvgIpc) is 2.84. The molecule has 1 N–H and O–H groups in total. The van der Waals surface area contributed by atoms with Gasteiger partial charge >= 0.3 is 0 Å². The van der Waals surface area contributed by atoms with E-state index in [1.807, 2.05) is 18.4 Å². The van der Waals surface area contributed by atoms with Gasteiger partial charge in [0.15, 0.2) is 5.82 Å². The van der Waals surface area contributed by atoms with Gasteiger partial charge in [0.1, 0.15) is 16.2 Å². The highest BCUT2D eigenvalue weighted by Gasteiger charge is 2.42. The summed E-state index contributed by atoms with van der Waals surface area (Å²) in [6.45, 7) is 0. The number of thiophene rings is 1. The van der Waals surface area contributed by atoms with Crippen molar-refractivity contribution >= 4 is 27.4 Å². The largest absolute Gasteiger partial charge is 0.372 e. The van der Waals surface area contributed by atoms with E-state index in [2.05, 4.69) is 5.32 Å². The number of anilines is 1. The Kier molecular flexibility index (Phi) is 3.15. The van der Waals surface area contributed by atoms with Gasteiger partial charge in [-0.3, -0.25) is 0 Å². The van der Waals surface area contributed by atoms with E-state index in [4.69, 9.17) is 14.7 Å². The van der Waals surface area contributed by atoms with E-state index >= 15 is 0 Å². The summed E-state index contributed by atoms with van der Waals surface area (Å²) in [6, 6.07) is 0. The van der Waals surface area contributed by atoms with Gasteiger partial charge in [0, 0.05) is 19.0 Å². The van der Waals surface area contributed by atoms with Crippen molar-refractivity contribution in [1.29, 1.82) is 0 Å². The first-order valence-electron chi connectivity index (χ1n) is 7.83. The highest BCUT2D eigenvalue weighted by molar-refractivity contribution is 7.19. The van der Waals surface area contributed by atoms with Crippen LogP contribution in [0.2, 0.25) is 0 Å². The molecule has 0 saturated heterocycles. The molecule has 4 rings (SSSR count). The van der Waals surface area contributed by atoms with E-state index in [1.54, 1.807) is 7.11 Å². The normalized spacial score (nSPS) is 20.1. The van der Waals surface area contributed by atoms with E-state index in [-0.39, 0.29) is 5.60 Å². The number of hydrogen-bond donors (Lipinski definition) is 1. The van der Waals surface area contributed by atoms with Crippen molar-refractivity contribution in [3.05, 3.63) is 16.3 Å². The van der Waals surface area contributed by atoms with Crippen LogP contribution in [-0.4, -0.2) is 24.1 Å². The molecule has 0 amide bonds. The molecule has 1 fully saturated rings. The fourth-order valence-electron chi connectivity index (χ4n) is 3.56. The molecule has 112 valence electrons. The lowest BCUT2D eigenvalue weighted by Crippen LogP contribution is -2.38. The SMILES string of the molecule is CNc1nc(C2(OC)CCC2)nc2sc3c(c12)CCCC3. The van der Waals surface area contributed by atoms with E-state index in [9.17, 15) is 0 Å². The van der Waals surface area contributed by atoms with Gasteiger partial charge in [-0.2, -0.15) is 0 Å². The lowest BCUT2D eigenvalue weighted by atomic mass is 9.79. The average molecular weight is 303 g/mol. The van der Waals surface area contributed by atoms with Crippen LogP contribution in [-0.2, 0) is 23.2 Å². The molecule has 0 radical (unpaired) electrons. The van der Waals surface area contributed by atoms with Crippen molar-refractivity contribution in [3.63, 3.8) is 0 Å². The molecule has 2 aliphatic carbocycles. The molecule has 5 heteroatoms. The summed E-state index contributed by atoms with van der Waals surface area (Å²) in [7, 11) is 3.74. The Hall–Kier alpha value is -1.20. The Balaban J connectivity index is 1.92. The topological polar surface area (TPSA) is 47.0 Å². The number of rotatable bonds is 3. The van der Waals surface area contributed by atoms with Crippen LogP contribution in [0.15, 0.2) is 0 Å².